The molecule has 20 heteroatoms. The average Bonchev–Trinajstić information content (AvgIpc) is 3.99. The van der Waals surface area contributed by atoms with Crippen molar-refractivity contribution < 1.29 is 37.5 Å². The summed E-state index contributed by atoms with van der Waals surface area (Å²) in [5.74, 6) is -1.35. The number of carbonyl (C=O) groups excluding carboxylic acids is 1. The van der Waals surface area contributed by atoms with E-state index in [0.29, 0.717) is 91.7 Å². The van der Waals surface area contributed by atoms with Crippen molar-refractivity contribution in [2.24, 2.45) is 5.92 Å². The minimum absolute atomic E-state index is 0.0277. The van der Waals surface area contributed by atoms with E-state index in [2.05, 4.69) is 34.4 Å². The molecule has 0 unspecified atom stereocenters. The zero-order valence-corrected chi connectivity index (χ0v) is 42.0. The van der Waals surface area contributed by atoms with Crippen LogP contribution < -0.4 is 29.5 Å². The molecule has 0 atom stereocenters. The number of carboxylic acids is 1. The quantitative estimate of drug-likeness (QED) is 0.0589. The van der Waals surface area contributed by atoms with E-state index in [1.165, 1.54) is 12.1 Å². The van der Waals surface area contributed by atoms with Crippen LogP contribution in [0.2, 0.25) is 5.02 Å². The number of pyridine rings is 1. The highest BCUT2D eigenvalue weighted by Crippen LogP contribution is 2.44. The number of hydrogen-bond donors (Lipinski definition) is 4. The lowest BCUT2D eigenvalue weighted by molar-refractivity contribution is -0.384. The van der Waals surface area contributed by atoms with E-state index in [1.54, 1.807) is 18.3 Å². The Morgan fingerprint density at radius 2 is 1.62 bits per heavy atom. The first-order chi connectivity index (χ1) is 35.1. The van der Waals surface area contributed by atoms with Crippen LogP contribution in [0, 0.1) is 23.0 Å². The number of ether oxygens (including phenoxy) is 2. The highest BCUT2D eigenvalue weighted by Gasteiger charge is 2.32. The molecule has 3 aliphatic rings. The highest BCUT2D eigenvalue weighted by atomic mass is 35.5. The van der Waals surface area contributed by atoms with Crippen molar-refractivity contribution in [1.29, 1.82) is 0 Å². The molecule has 6 heterocycles. The number of halogens is 1. The van der Waals surface area contributed by atoms with E-state index in [1.807, 2.05) is 92.4 Å². The van der Waals surface area contributed by atoms with E-state index in [-0.39, 0.29) is 35.4 Å². The Morgan fingerprint density at radius 1 is 0.890 bits per heavy atom. The SMILES string of the molecule is Cc1c(C(=O)O)c(-c2cccc(N3CCN(c4ccc(C(=O)NS(=O)(=O)c5ccc(NCC6CCOCC6)c([N+](=O)[O-])c5)c(N5CCOc6nc7[nH]ccc7cc65)c4)CC3)c2)c(-c2ccc(Cl)cc2)n1C(C)C. The number of amides is 1. The molecule has 0 saturated carbocycles. The van der Waals surface area contributed by atoms with Crippen LogP contribution in [0.4, 0.5) is 34.1 Å². The lowest BCUT2D eigenvalue weighted by Gasteiger charge is -2.38. The van der Waals surface area contributed by atoms with Gasteiger partial charge in [0.2, 0.25) is 5.88 Å². The van der Waals surface area contributed by atoms with Gasteiger partial charge in [-0.15, -0.1) is 0 Å². The number of carboxylic acid groups (broad SMARTS) is 1. The number of nitro benzene ring substituents is 1. The summed E-state index contributed by atoms with van der Waals surface area (Å²) in [5, 5.41) is 27.4. The number of aromatic nitrogens is 3. The number of aromatic amines is 1. The summed E-state index contributed by atoms with van der Waals surface area (Å²) < 4.78 is 43.7. The molecule has 3 aliphatic heterocycles. The van der Waals surface area contributed by atoms with Crippen LogP contribution in [0.25, 0.3) is 33.4 Å². The van der Waals surface area contributed by atoms with Gasteiger partial charge >= 0.3 is 5.97 Å². The van der Waals surface area contributed by atoms with Gasteiger partial charge in [0.25, 0.3) is 21.6 Å². The summed E-state index contributed by atoms with van der Waals surface area (Å²) in [6.45, 7) is 10.5. The van der Waals surface area contributed by atoms with Crippen molar-refractivity contribution in [2.75, 3.05) is 79.1 Å². The third-order valence-electron chi connectivity index (χ3n) is 13.9. The Balaban J connectivity index is 0.937. The van der Waals surface area contributed by atoms with Gasteiger partial charge in [-0.05, 0) is 117 Å². The first-order valence-electron chi connectivity index (χ1n) is 24.2. The van der Waals surface area contributed by atoms with Crippen molar-refractivity contribution in [2.45, 2.75) is 44.6 Å². The Hall–Kier alpha value is -7.61. The van der Waals surface area contributed by atoms with Gasteiger partial charge in [-0.2, -0.15) is 4.98 Å². The maximum Gasteiger partial charge on any atom is 0.338 e. The molecule has 2 fully saturated rings. The standard InChI is InChI=1S/C53H54ClN9O9S/c1-32(2)62-33(3)47(53(65)66)48(49(62)35-7-9-38(54)10-8-35)36-5-4-6-39(27-36)59-19-21-60(22-20-59)40-11-13-42(44(29-40)61-23-26-72-52-46(61)28-37-15-18-55-50(37)57-52)51(64)58-73(69,70)41-12-14-43(45(30-41)63(67)68)56-31-34-16-24-71-25-17-34/h4-15,18,27-30,32,34,56H,16-17,19-26,31H2,1-3H3,(H,55,57)(H,58,64)(H,65,66). The number of nitro groups is 1. The Kier molecular flexibility index (Phi) is 13.5. The molecule has 0 spiro atoms. The number of rotatable bonds is 14. The number of H-pyrrole nitrogens is 1. The zero-order valence-electron chi connectivity index (χ0n) is 40.4. The second kappa shape index (κ2) is 20.1. The van der Waals surface area contributed by atoms with Crippen molar-refractivity contribution in [3.05, 3.63) is 135 Å². The van der Waals surface area contributed by atoms with E-state index in [4.69, 9.17) is 21.1 Å². The molecule has 73 heavy (non-hydrogen) atoms. The van der Waals surface area contributed by atoms with Crippen LogP contribution in [0.3, 0.4) is 0 Å². The van der Waals surface area contributed by atoms with E-state index < -0.39 is 37.4 Å². The third kappa shape index (κ3) is 9.74. The Bertz CT molecular complexity index is 3380. The number of nitrogens with zero attached hydrogens (tertiary/aromatic N) is 6. The number of sulfonamides is 1. The van der Waals surface area contributed by atoms with Gasteiger partial charge in [0.15, 0.2) is 0 Å². The summed E-state index contributed by atoms with van der Waals surface area (Å²) in [6, 6.07) is 28.0. The van der Waals surface area contributed by atoms with Crippen LogP contribution in [0.1, 0.15) is 59.1 Å². The number of nitrogens with one attached hydrogen (secondary N) is 3. The minimum Gasteiger partial charge on any atom is -0.478 e. The van der Waals surface area contributed by atoms with Gasteiger partial charge in [-0.25, -0.2) is 17.9 Å². The number of anilines is 5. The number of fused-ring (bicyclic) bond motifs is 2. The number of carbonyl (C=O) groups is 2. The number of hydrogen-bond acceptors (Lipinski definition) is 13. The summed E-state index contributed by atoms with van der Waals surface area (Å²) >= 11 is 6.30. The molecule has 2 saturated heterocycles. The Labute approximate surface area is 426 Å². The molecule has 0 bridgehead atoms. The first kappa shape index (κ1) is 49.0. The molecule has 3 aromatic heterocycles. The fraction of sp³-hybridized carbons (Fsp3) is 0.302. The van der Waals surface area contributed by atoms with E-state index >= 15 is 0 Å². The predicted molar refractivity (Wildman–Crippen MR) is 282 cm³/mol. The molecule has 4 N–H and O–H groups in total. The van der Waals surface area contributed by atoms with Crippen LogP contribution in [0.5, 0.6) is 5.88 Å². The lowest BCUT2D eigenvalue weighted by Crippen LogP contribution is -2.46. The maximum absolute atomic E-state index is 14.4. The van der Waals surface area contributed by atoms with E-state index in [0.717, 1.165) is 52.5 Å². The van der Waals surface area contributed by atoms with Crippen molar-refractivity contribution in [3.8, 4) is 28.3 Å². The van der Waals surface area contributed by atoms with Gasteiger partial charge in [0.05, 0.1) is 38.9 Å². The average molecular weight is 1030 g/mol. The summed E-state index contributed by atoms with van der Waals surface area (Å²) in [7, 11) is -4.62. The molecular formula is C53H54ClN9O9S. The van der Waals surface area contributed by atoms with Crippen molar-refractivity contribution in [3.63, 3.8) is 0 Å². The van der Waals surface area contributed by atoms with E-state index in [9.17, 15) is 33.2 Å². The first-order valence-corrected chi connectivity index (χ1v) is 26.1. The molecule has 10 rings (SSSR count). The number of piperazine rings is 1. The normalized spacial score (nSPS) is 15.3. The van der Waals surface area contributed by atoms with Gasteiger partial charge < -0.3 is 44.1 Å². The van der Waals surface area contributed by atoms with Crippen LogP contribution in [0.15, 0.2) is 108 Å². The largest absolute Gasteiger partial charge is 0.478 e. The van der Waals surface area contributed by atoms with Gasteiger partial charge in [0.1, 0.15) is 23.6 Å². The summed E-state index contributed by atoms with van der Waals surface area (Å²) in [5.41, 5.74) is 7.10. The molecule has 378 valence electrons. The Morgan fingerprint density at radius 3 is 2.32 bits per heavy atom. The smallest absolute Gasteiger partial charge is 0.338 e. The maximum atomic E-state index is 14.4. The topological polar surface area (TPSA) is 217 Å². The molecule has 4 aromatic carbocycles. The molecule has 0 radical (unpaired) electrons. The number of benzene rings is 4. The molecule has 18 nitrogen and oxygen atoms in total. The molecular weight excluding hydrogens is 974 g/mol. The van der Waals surface area contributed by atoms with Crippen LogP contribution in [-0.4, -0.2) is 104 Å². The van der Waals surface area contributed by atoms with Crippen LogP contribution >= 0.6 is 11.6 Å². The van der Waals surface area contributed by atoms with Crippen molar-refractivity contribution >= 4 is 78.7 Å². The summed E-state index contributed by atoms with van der Waals surface area (Å²) in [4.78, 5) is 52.7. The monoisotopic (exact) mass is 1030 g/mol. The fourth-order valence-electron chi connectivity index (χ4n) is 10.3. The number of aromatic carboxylic acids is 1. The second-order valence-electron chi connectivity index (χ2n) is 18.7. The molecule has 0 aliphatic carbocycles. The zero-order chi connectivity index (χ0) is 51.1. The van der Waals surface area contributed by atoms with Gasteiger partial charge in [0, 0.05) is 97.3 Å². The van der Waals surface area contributed by atoms with Gasteiger partial charge in [-0.1, -0.05) is 35.9 Å². The molecule has 7 aromatic rings. The van der Waals surface area contributed by atoms with Gasteiger partial charge in [-0.3, -0.25) is 14.9 Å². The fourth-order valence-corrected chi connectivity index (χ4v) is 11.4. The molecule has 1 amide bonds. The predicted octanol–water partition coefficient (Wildman–Crippen LogP) is 9.66. The highest BCUT2D eigenvalue weighted by molar-refractivity contribution is 7.90. The van der Waals surface area contributed by atoms with Crippen LogP contribution in [-0.2, 0) is 14.8 Å². The third-order valence-corrected chi connectivity index (χ3v) is 15.5. The minimum atomic E-state index is -4.62. The lowest BCUT2D eigenvalue weighted by atomic mass is 9.96. The van der Waals surface area contributed by atoms with Crippen molar-refractivity contribution in [1.82, 2.24) is 19.3 Å². The summed E-state index contributed by atoms with van der Waals surface area (Å²) in [6.07, 6.45) is 3.38. The second-order valence-corrected chi connectivity index (χ2v) is 20.8.